The van der Waals surface area contributed by atoms with Crippen LogP contribution in [0, 0.1) is 40.0 Å². The van der Waals surface area contributed by atoms with Crippen LogP contribution in [0.1, 0.15) is 81.3 Å². The van der Waals surface area contributed by atoms with Crippen LogP contribution in [-0.2, 0) is 0 Å². The summed E-state index contributed by atoms with van der Waals surface area (Å²) in [7, 11) is 0. The molecule has 3 aromatic carbocycles. The summed E-state index contributed by atoms with van der Waals surface area (Å²) in [5.41, 5.74) is 2.28. The zero-order valence-corrected chi connectivity index (χ0v) is 23.6. The average molecular weight is 586 g/mol. The second kappa shape index (κ2) is 12.4. The number of rotatable bonds is 7. The van der Waals surface area contributed by atoms with E-state index in [4.69, 9.17) is 10.00 Å². The predicted octanol–water partition coefficient (Wildman–Crippen LogP) is 10.6. The van der Waals surface area contributed by atoms with Gasteiger partial charge in [-0.2, -0.15) is 14.0 Å². The van der Waals surface area contributed by atoms with E-state index < -0.39 is 34.4 Å². The number of ether oxygens (including phenoxy) is 1. The monoisotopic (exact) mass is 585 g/mol. The Labute approximate surface area is 241 Å². The molecule has 0 saturated heterocycles. The lowest BCUT2D eigenvalue weighted by molar-refractivity contribution is -0.222. The van der Waals surface area contributed by atoms with Crippen LogP contribution in [0.5, 0.6) is 5.75 Å². The Morgan fingerprint density at radius 3 is 1.80 bits per heavy atom. The second-order valence-corrected chi connectivity index (χ2v) is 12.2. The molecule has 2 saturated carbocycles. The molecule has 2 aliphatic rings. The third-order valence-corrected chi connectivity index (χ3v) is 9.43. The fraction of sp³-hybridized carbons (Fsp3) is 0.424. The molecule has 0 N–H and O–H groups in total. The maximum atomic E-state index is 15.1. The number of nitrogens with zero attached hydrogens (tertiary/aromatic N) is 1. The number of alkyl halides is 2. The summed E-state index contributed by atoms with van der Waals surface area (Å²) >= 11 is 0.322. The van der Waals surface area contributed by atoms with Crippen molar-refractivity contribution in [1.29, 1.82) is 5.26 Å². The molecule has 0 heterocycles. The summed E-state index contributed by atoms with van der Waals surface area (Å²) < 4.78 is 78.5. The molecule has 5 rings (SSSR count). The van der Waals surface area contributed by atoms with E-state index in [2.05, 4.69) is 31.2 Å². The van der Waals surface area contributed by atoms with Gasteiger partial charge in [-0.15, -0.1) is 0 Å². The Morgan fingerprint density at radius 2 is 1.29 bits per heavy atom. The second-order valence-electron chi connectivity index (χ2n) is 11.4. The van der Waals surface area contributed by atoms with Crippen molar-refractivity contribution >= 4 is 11.8 Å². The van der Waals surface area contributed by atoms with E-state index in [-0.39, 0.29) is 35.6 Å². The van der Waals surface area contributed by atoms with Crippen LogP contribution in [0.2, 0.25) is 0 Å². The molecule has 8 heteroatoms. The van der Waals surface area contributed by atoms with Gasteiger partial charge < -0.3 is 4.74 Å². The maximum absolute atomic E-state index is 15.1. The Bertz CT molecular complexity index is 1380. The topological polar surface area (TPSA) is 33.0 Å². The van der Waals surface area contributed by atoms with E-state index in [1.807, 2.05) is 0 Å². The molecule has 0 spiro atoms. The average Bonchev–Trinajstić information content (AvgIpc) is 2.95. The Kier molecular flexibility index (Phi) is 8.94. The van der Waals surface area contributed by atoms with Crippen molar-refractivity contribution in [1.82, 2.24) is 0 Å². The van der Waals surface area contributed by atoms with Crippen molar-refractivity contribution in [3.63, 3.8) is 0 Å². The van der Waals surface area contributed by atoms with Gasteiger partial charge in [0, 0.05) is 11.6 Å². The minimum atomic E-state index is -3.49. The summed E-state index contributed by atoms with van der Waals surface area (Å²) in [6, 6.07) is 13.7. The van der Waals surface area contributed by atoms with Crippen LogP contribution in [-0.4, -0.2) is 6.11 Å². The number of halogens is 5. The normalized spacial score (nSPS) is 23.1. The molecule has 0 aliphatic heterocycles. The van der Waals surface area contributed by atoms with Gasteiger partial charge in [-0.25, -0.2) is 13.2 Å². The molecule has 0 aromatic heterocycles. The fourth-order valence-corrected chi connectivity index (χ4v) is 6.69. The smallest absolute Gasteiger partial charge is 0.400 e. The van der Waals surface area contributed by atoms with E-state index in [9.17, 15) is 13.2 Å². The van der Waals surface area contributed by atoms with Crippen LogP contribution in [0.4, 0.5) is 22.0 Å². The highest BCUT2D eigenvalue weighted by Gasteiger charge is 2.44. The molecule has 3 aromatic rings. The largest absolute Gasteiger partial charge is 0.432 e. The van der Waals surface area contributed by atoms with Gasteiger partial charge >= 0.3 is 6.11 Å². The highest BCUT2D eigenvalue weighted by Crippen LogP contribution is 2.44. The fourth-order valence-electron chi connectivity index (χ4n) is 6.29. The van der Waals surface area contributed by atoms with Crippen LogP contribution >= 0.6 is 11.8 Å². The lowest BCUT2D eigenvalue weighted by atomic mass is 9.76. The minimum Gasteiger partial charge on any atom is -0.432 e. The zero-order chi connectivity index (χ0) is 29.1. The number of nitriles is 1. The zero-order valence-electron chi connectivity index (χ0n) is 22.8. The molecular formula is C33H32F5NOS. The summed E-state index contributed by atoms with van der Waals surface area (Å²) in [6.45, 7) is 2.31. The Hall–Kier alpha value is -3.05. The van der Waals surface area contributed by atoms with E-state index >= 15 is 8.78 Å². The number of thiocyanates is 1. The first-order chi connectivity index (χ1) is 19.6. The summed E-state index contributed by atoms with van der Waals surface area (Å²) in [5, 5.41) is 10.3. The lowest BCUT2D eigenvalue weighted by Gasteiger charge is -2.33. The van der Waals surface area contributed by atoms with Crippen LogP contribution in [0.15, 0.2) is 59.5 Å². The van der Waals surface area contributed by atoms with Gasteiger partial charge in [0.25, 0.3) is 0 Å². The highest BCUT2D eigenvalue weighted by atomic mass is 32.2. The van der Waals surface area contributed by atoms with Crippen LogP contribution in [0.25, 0.3) is 11.1 Å². The molecule has 0 radical (unpaired) electrons. The van der Waals surface area contributed by atoms with Gasteiger partial charge in [-0.3, -0.25) is 0 Å². The number of hydrogen-bond donors (Lipinski definition) is 0. The summed E-state index contributed by atoms with van der Waals surface area (Å²) in [4.78, 5) is -0.489. The first kappa shape index (κ1) is 29.4. The Morgan fingerprint density at radius 1 is 0.756 bits per heavy atom. The van der Waals surface area contributed by atoms with E-state index in [1.165, 1.54) is 42.9 Å². The number of benzene rings is 3. The third-order valence-electron chi connectivity index (χ3n) is 8.75. The van der Waals surface area contributed by atoms with Crippen molar-refractivity contribution in [2.45, 2.75) is 81.1 Å². The van der Waals surface area contributed by atoms with Crippen molar-refractivity contribution in [3.8, 4) is 22.3 Å². The van der Waals surface area contributed by atoms with Crippen LogP contribution < -0.4 is 4.74 Å². The van der Waals surface area contributed by atoms with Crippen molar-refractivity contribution < 1.29 is 26.7 Å². The van der Waals surface area contributed by atoms with E-state index in [0.29, 0.717) is 30.5 Å². The van der Waals surface area contributed by atoms with Crippen molar-refractivity contribution in [2.75, 3.05) is 0 Å². The minimum absolute atomic E-state index is 0.113. The first-order valence-electron chi connectivity index (χ1n) is 14.2. The summed E-state index contributed by atoms with van der Waals surface area (Å²) in [6.07, 6.45) is 3.29. The van der Waals surface area contributed by atoms with Gasteiger partial charge in [0.15, 0.2) is 0 Å². The molecule has 2 nitrogen and oxygen atoms in total. The first-order valence-corrected chi connectivity index (χ1v) is 15.0. The van der Waals surface area contributed by atoms with Gasteiger partial charge in [-0.1, -0.05) is 44.0 Å². The molecule has 216 valence electrons. The quantitative estimate of drug-likeness (QED) is 0.157. The van der Waals surface area contributed by atoms with Crippen molar-refractivity contribution in [2.24, 2.45) is 11.8 Å². The maximum Gasteiger partial charge on any atom is 0.400 e. The lowest BCUT2D eigenvalue weighted by Crippen LogP contribution is -2.37. The third kappa shape index (κ3) is 6.72. The standard InChI is InChI=1S/C33H32F5NOS/c1-20-2-4-21(5-3-20)22-6-8-23(9-7-22)24-10-12-26(13-11-24)33(37,38)40-27-14-15-28(29(34)18-27)25-16-30(35)32(41-19-39)31(36)17-25/h6-9,14-18,20-21,24,26H,2-5,10-13H2,1H3. The molecular weight excluding hydrogens is 553 g/mol. The van der Waals surface area contributed by atoms with Gasteiger partial charge in [0.2, 0.25) is 0 Å². The van der Waals surface area contributed by atoms with Crippen LogP contribution in [0.3, 0.4) is 0 Å². The molecule has 0 bridgehead atoms. The molecule has 41 heavy (non-hydrogen) atoms. The molecule has 0 atom stereocenters. The van der Waals surface area contributed by atoms with Crippen molar-refractivity contribution in [3.05, 3.63) is 83.2 Å². The van der Waals surface area contributed by atoms with Gasteiger partial charge in [0.05, 0.1) is 10.8 Å². The van der Waals surface area contributed by atoms with E-state index in [1.54, 1.807) is 5.40 Å². The highest BCUT2D eigenvalue weighted by molar-refractivity contribution is 8.03. The Balaban J connectivity index is 1.19. The van der Waals surface area contributed by atoms with E-state index in [0.717, 1.165) is 30.2 Å². The summed E-state index contributed by atoms with van der Waals surface area (Å²) in [5.74, 6) is -2.70. The number of hydrogen-bond acceptors (Lipinski definition) is 3. The van der Waals surface area contributed by atoms with Gasteiger partial charge in [-0.05, 0) is 109 Å². The predicted molar refractivity (Wildman–Crippen MR) is 150 cm³/mol. The molecule has 0 unspecified atom stereocenters. The molecule has 0 amide bonds. The SMILES string of the molecule is CC1CCC(c2ccc(C3CCC(C(F)(F)Oc4ccc(-c5cc(F)c(SC#N)c(F)c5)c(F)c4)CC3)cc2)CC1. The molecule has 2 fully saturated rings. The van der Waals surface area contributed by atoms with Gasteiger partial charge in [0.1, 0.15) is 28.6 Å². The molecule has 2 aliphatic carbocycles. The number of thioether (sulfide) groups is 1.